The van der Waals surface area contributed by atoms with Crippen LogP contribution < -0.4 is 5.43 Å². The third-order valence-corrected chi connectivity index (χ3v) is 11.7. The molecule has 49 heavy (non-hydrogen) atoms. The Hall–Kier alpha value is -4.40. The van der Waals surface area contributed by atoms with Crippen LogP contribution in [0.25, 0.3) is 0 Å². The molecule has 0 atom stereocenters. The van der Waals surface area contributed by atoms with Gasteiger partial charge in [-0.25, -0.2) is 22.3 Å². The summed E-state index contributed by atoms with van der Waals surface area (Å²) in [6.07, 6.45) is 1.68. The number of furan rings is 1. The lowest BCUT2D eigenvalue weighted by Crippen LogP contribution is -2.40. The van der Waals surface area contributed by atoms with E-state index in [9.17, 15) is 21.6 Å². The van der Waals surface area contributed by atoms with Gasteiger partial charge < -0.3 is 4.42 Å². The van der Waals surface area contributed by atoms with E-state index in [1.54, 1.807) is 48.5 Å². The summed E-state index contributed by atoms with van der Waals surface area (Å²) in [6, 6.07) is 34.8. The number of sulfonamides is 2. The number of amides is 1. The van der Waals surface area contributed by atoms with Crippen LogP contribution in [-0.4, -0.2) is 50.7 Å². The van der Waals surface area contributed by atoms with Crippen LogP contribution in [0.15, 0.2) is 145 Å². The predicted octanol–water partition coefficient (Wildman–Crippen LogP) is 6.13. The van der Waals surface area contributed by atoms with Gasteiger partial charge in [0.1, 0.15) is 11.5 Å². The molecule has 1 aromatic heterocycles. The van der Waals surface area contributed by atoms with Crippen molar-refractivity contribution in [1.29, 1.82) is 0 Å². The number of carbonyl (C=O) groups excluding carboxylic acids is 1. The Balaban J connectivity index is 1.26. The Morgan fingerprint density at radius 2 is 1.31 bits per heavy atom. The molecule has 0 fully saturated rings. The molecule has 5 rings (SSSR count). The van der Waals surface area contributed by atoms with Crippen molar-refractivity contribution in [3.05, 3.63) is 154 Å². The Morgan fingerprint density at radius 1 is 0.735 bits per heavy atom. The zero-order chi connectivity index (χ0) is 34.9. The average molecular weight is 764 g/mol. The van der Waals surface area contributed by atoms with Crippen molar-refractivity contribution in [2.75, 3.05) is 13.1 Å². The highest BCUT2D eigenvalue weighted by molar-refractivity contribution is 9.10. The smallest absolute Gasteiger partial charge is 0.255 e. The normalized spacial score (nSPS) is 12.2. The maximum atomic E-state index is 13.7. The zero-order valence-corrected chi connectivity index (χ0v) is 29.9. The highest BCUT2D eigenvalue weighted by Crippen LogP contribution is 2.23. The van der Waals surface area contributed by atoms with Gasteiger partial charge in [0, 0.05) is 17.6 Å². The molecule has 10 nitrogen and oxygen atoms in total. The van der Waals surface area contributed by atoms with Gasteiger partial charge in [0.2, 0.25) is 20.0 Å². The second kappa shape index (κ2) is 16.3. The van der Waals surface area contributed by atoms with Crippen LogP contribution >= 0.6 is 15.9 Å². The van der Waals surface area contributed by atoms with Crippen LogP contribution in [0.1, 0.15) is 28.2 Å². The number of hydrazone groups is 1. The molecule has 13 heteroatoms. The maximum absolute atomic E-state index is 13.7. The predicted molar refractivity (Wildman–Crippen MR) is 192 cm³/mol. The van der Waals surface area contributed by atoms with Crippen molar-refractivity contribution in [1.82, 2.24) is 14.0 Å². The van der Waals surface area contributed by atoms with Gasteiger partial charge in [-0.3, -0.25) is 4.79 Å². The molecule has 0 spiro atoms. The van der Waals surface area contributed by atoms with E-state index < -0.39 is 32.5 Å². The summed E-state index contributed by atoms with van der Waals surface area (Å²) in [7, 11) is -7.87. The van der Waals surface area contributed by atoms with Crippen molar-refractivity contribution in [2.24, 2.45) is 5.10 Å². The molecule has 0 aliphatic heterocycles. The molecular formula is C36H35BrN4O6S2. The first-order chi connectivity index (χ1) is 23.5. The lowest BCUT2D eigenvalue weighted by atomic mass is 10.1. The van der Waals surface area contributed by atoms with E-state index in [0.29, 0.717) is 12.2 Å². The zero-order valence-electron chi connectivity index (χ0n) is 26.6. The monoisotopic (exact) mass is 762 g/mol. The molecule has 0 aliphatic carbocycles. The van der Waals surface area contributed by atoms with Gasteiger partial charge in [-0.1, -0.05) is 94.3 Å². The van der Waals surface area contributed by atoms with E-state index in [2.05, 4.69) is 26.5 Å². The summed E-state index contributed by atoms with van der Waals surface area (Å²) in [5.74, 6) is -0.00630. The van der Waals surface area contributed by atoms with Crippen LogP contribution in [0.4, 0.5) is 0 Å². The first-order valence-electron chi connectivity index (χ1n) is 15.3. The van der Waals surface area contributed by atoms with Gasteiger partial charge in [-0.2, -0.15) is 13.7 Å². The van der Waals surface area contributed by atoms with Gasteiger partial charge in [-0.15, -0.1) is 0 Å². The standard InChI is InChI=1S/C36H35BrN4O6S2/c1-28-12-18-34(19-13-28)49(45,46)41(25-30-10-6-3-7-11-30)26-33-17-16-32(47-33)24-38-39-36(42)27-40(23-22-29-8-4-2-5-9-29)48(43,44)35-20-14-31(37)15-21-35/h2-21,24H,22-23,25-27H2,1H3,(H,39,42)/b38-24-. The number of nitrogens with one attached hydrogen (secondary N) is 1. The van der Waals surface area contributed by atoms with Crippen molar-refractivity contribution in [3.63, 3.8) is 0 Å². The first-order valence-corrected chi connectivity index (χ1v) is 19.0. The second-order valence-electron chi connectivity index (χ2n) is 11.2. The van der Waals surface area contributed by atoms with Crippen molar-refractivity contribution in [3.8, 4) is 0 Å². The number of hydrogen-bond acceptors (Lipinski definition) is 7. The Morgan fingerprint density at radius 3 is 1.94 bits per heavy atom. The minimum Gasteiger partial charge on any atom is -0.459 e. The van der Waals surface area contributed by atoms with Crippen LogP contribution in [0.2, 0.25) is 0 Å². The molecule has 0 aliphatic rings. The van der Waals surface area contributed by atoms with Crippen molar-refractivity contribution >= 4 is 48.1 Å². The number of rotatable bonds is 15. The fourth-order valence-electron chi connectivity index (χ4n) is 4.90. The summed E-state index contributed by atoms with van der Waals surface area (Å²) in [5.41, 5.74) is 5.07. The molecule has 0 bridgehead atoms. The van der Waals surface area contributed by atoms with E-state index in [0.717, 1.165) is 25.5 Å². The van der Waals surface area contributed by atoms with E-state index in [1.807, 2.05) is 67.6 Å². The van der Waals surface area contributed by atoms with Gasteiger partial charge in [0.25, 0.3) is 5.91 Å². The number of benzene rings is 4. The summed E-state index contributed by atoms with van der Waals surface area (Å²) in [5, 5.41) is 3.97. The summed E-state index contributed by atoms with van der Waals surface area (Å²) in [6.45, 7) is 1.58. The minimum atomic E-state index is -4.00. The maximum Gasteiger partial charge on any atom is 0.255 e. The fourth-order valence-corrected chi connectivity index (χ4v) is 7.95. The van der Waals surface area contributed by atoms with Gasteiger partial charge in [0.15, 0.2) is 0 Å². The largest absolute Gasteiger partial charge is 0.459 e. The molecule has 5 aromatic rings. The Bertz CT molecular complexity index is 2090. The molecule has 254 valence electrons. The summed E-state index contributed by atoms with van der Waals surface area (Å²) in [4.78, 5) is 13.2. The van der Waals surface area contributed by atoms with Crippen molar-refractivity contribution in [2.45, 2.75) is 36.2 Å². The molecule has 1 amide bonds. The molecular weight excluding hydrogens is 728 g/mol. The third-order valence-electron chi connectivity index (χ3n) is 7.52. The Kier molecular flexibility index (Phi) is 12.0. The average Bonchev–Trinajstić information content (AvgIpc) is 3.54. The van der Waals surface area contributed by atoms with E-state index in [1.165, 1.54) is 22.7 Å². The van der Waals surface area contributed by atoms with E-state index in [-0.39, 0.29) is 35.2 Å². The molecule has 0 radical (unpaired) electrons. The SMILES string of the molecule is Cc1ccc(S(=O)(=O)N(Cc2ccccc2)Cc2ccc(/C=N\NC(=O)CN(CCc3ccccc3)S(=O)(=O)c3ccc(Br)cc3)o2)cc1. The number of hydrogen-bond donors (Lipinski definition) is 1. The van der Waals surface area contributed by atoms with Crippen LogP contribution in [0.5, 0.6) is 0 Å². The lowest BCUT2D eigenvalue weighted by Gasteiger charge is -2.21. The van der Waals surface area contributed by atoms with E-state index in [4.69, 9.17) is 4.42 Å². The first kappa shape index (κ1) is 35.9. The summed E-state index contributed by atoms with van der Waals surface area (Å²) >= 11 is 3.32. The highest BCUT2D eigenvalue weighted by atomic mass is 79.9. The van der Waals surface area contributed by atoms with Gasteiger partial charge >= 0.3 is 0 Å². The third kappa shape index (κ3) is 9.83. The number of carbonyl (C=O) groups is 1. The number of nitrogens with zero attached hydrogens (tertiary/aromatic N) is 3. The Labute approximate surface area is 295 Å². The quantitative estimate of drug-likeness (QED) is 0.101. The molecule has 1 N–H and O–H groups in total. The number of aryl methyl sites for hydroxylation is 1. The minimum absolute atomic E-state index is 0.0460. The highest BCUT2D eigenvalue weighted by Gasteiger charge is 2.27. The molecule has 0 saturated carbocycles. The van der Waals surface area contributed by atoms with Gasteiger partial charge in [-0.05, 0) is 73.0 Å². The van der Waals surface area contributed by atoms with Crippen LogP contribution in [0.3, 0.4) is 0 Å². The van der Waals surface area contributed by atoms with Crippen molar-refractivity contribution < 1.29 is 26.0 Å². The molecule has 0 saturated heterocycles. The van der Waals surface area contributed by atoms with Crippen LogP contribution in [0, 0.1) is 6.92 Å². The number of halogens is 1. The molecule has 1 heterocycles. The topological polar surface area (TPSA) is 129 Å². The molecule has 0 unspecified atom stereocenters. The summed E-state index contributed by atoms with van der Waals surface area (Å²) < 4.78 is 63.4. The molecule has 4 aromatic carbocycles. The van der Waals surface area contributed by atoms with Gasteiger partial charge in [0.05, 0.1) is 29.1 Å². The second-order valence-corrected chi connectivity index (χ2v) is 16.0. The lowest BCUT2D eigenvalue weighted by molar-refractivity contribution is -0.121. The van der Waals surface area contributed by atoms with E-state index >= 15 is 0 Å². The van der Waals surface area contributed by atoms with Crippen LogP contribution in [-0.2, 0) is 44.4 Å². The fraction of sp³-hybridized carbons (Fsp3) is 0.167.